The second-order valence-corrected chi connectivity index (χ2v) is 8.93. The molecule has 7 heteroatoms. The first kappa shape index (κ1) is 22.2. The van der Waals surface area contributed by atoms with Gasteiger partial charge >= 0.3 is 0 Å². The average molecular weight is 446 g/mol. The number of carbonyl (C=O) groups excluding carboxylic acids is 1. The summed E-state index contributed by atoms with van der Waals surface area (Å²) in [7, 11) is 0. The number of nitrogens with zero attached hydrogens (tertiary/aromatic N) is 1. The predicted octanol–water partition coefficient (Wildman–Crippen LogP) is 4.44. The molecule has 0 radical (unpaired) electrons. The van der Waals surface area contributed by atoms with Crippen molar-refractivity contribution in [3.05, 3.63) is 47.2 Å². The Bertz CT molecular complexity index is 911. The van der Waals surface area contributed by atoms with Gasteiger partial charge in [-0.3, -0.25) is 9.78 Å². The molecule has 31 heavy (non-hydrogen) atoms. The summed E-state index contributed by atoms with van der Waals surface area (Å²) in [5.41, 5.74) is 1.47. The van der Waals surface area contributed by atoms with E-state index in [4.69, 9.17) is 16.3 Å². The van der Waals surface area contributed by atoms with Gasteiger partial charge in [-0.25, -0.2) is 4.39 Å². The van der Waals surface area contributed by atoms with Crippen LogP contribution in [-0.2, 0) is 16.0 Å². The second-order valence-electron chi connectivity index (χ2n) is 8.52. The molecule has 0 bridgehead atoms. The molecule has 1 aromatic heterocycles. The molecule has 0 spiro atoms. The molecule has 2 N–H and O–H groups in total. The third kappa shape index (κ3) is 5.62. The maximum Gasteiger partial charge on any atom is 0.181 e. The van der Waals surface area contributed by atoms with E-state index in [1.807, 2.05) is 24.3 Å². The van der Waals surface area contributed by atoms with E-state index in [2.05, 4.69) is 15.6 Å². The van der Waals surface area contributed by atoms with Crippen molar-refractivity contribution in [2.45, 2.75) is 37.8 Å². The molecule has 2 fully saturated rings. The highest BCUT2D eigenvalue weighted by Gasteiger charge is 2.39. The van der Waals surface area contributed by atoms with Crippen LogP contribution in [0.15, 0.2) is 36.5 Å². The summed E-state index contributed by atoms with van der Waals surface area (Å²) in [4.78, 5) is 16.9. The second kappa shape index (κ2) is 10.1. The Labute approximate surface area is 187 Å². The van der Waals surface area contributed by atoms with Crippen LogP contribution >= 0.6 is 11.6 Å². The Morgan fingerprint density at radius 2 is 2.16 bits per heavy atom. The van der Waals surface area contributed by atoms with Gasteiger partial charge in [0.2, 0.25) is 0 Å². The third-order valence-electron chi connectivity index (χ3n) is 6.19. The Balaban J connectivity index is 1.47. The monoisotopic (exact) mass is 445 g/mol. The van der Waals surface area contributed by atoms with Crippen molar-refractivity contribution < 1.29 is 13.9 Å². The fourth-order valence-electron chi connectivity index (χ4n) is 4.24. The number of alkyl halides is 1. The molecule has 0 amide bonds. The number of ketones is 1. The topological polar surface area (TPSA) is 63.2 Å². The van der Waals surface area contributed by atoms with E-state index < -0.39 is 11.5 Å². The van der Waals surface area contributed by atoms with Gasteiger partial charge in [0.25, 0.3) is 0 Å². The Morgan fingerprint density at radius 3 is 2.94 bits per heavy atom. The lowest BCUT2D eigenvalue weighted by Gasteiger charge is -2.28. The standard InChI is InChI=1S/C24H29ClFN3O2/c25-22-15-29-20(13-23(30)24(26)7-2-8-27-16-24)12-21(22)18-3-1-4-19(11-18)28-14-17-5-9-31-10-6-17/h1,3-4,11-12,15,17,27-28H,2,5-10,13-14,16H2/t24-/m1/s1. The molecule has 4 rings (SSSR count). The van der Waals surface area contributed by atoms with E-state index in [0.29, 0.717) is 23.1 Å². The number of hydrogen-bond donors (Lipinski definition) is 2. The van der Waals surface area contributed by atoms with Crippen molar-refractivity contribution in [3.63, 3.8) is 0 Å². The minimum absolute atomic E-state index is 0.0377. The van der Waals surface area contributed by atoms with Crippen LogP contribution in [0.5, 0.6) is 0 Å². The number of rotatable bonds is 7. The van der Waals surface area contributed by atoms with Crippen LogP contribution in [0.4, 0.5) is 10.1 Å². The number of Topliss-reactive ketones (excluding diaryl/α,β-unsaturated/α-hetero) is 1. The summed E-state index contributed by atoms with van der Waals surface area (Å²) in [6, 6.07) is 9.85. The van der Waals surface area contributed by atoms with E-state index in [9.17, 15) is 9.18 Å². The minimum atomic E-state index is -1.81. The minimum Gasteiger partial charge on any atom is -0.385 e. The number of piperidine rings is 1. The summed E-state index contributed by atoms with van der Waals surface area (Å²) < 4.78 is 20.4. The number of ether oxygens (including phenoxy) is 1. The van der Waals surface area contributed by atoms with Crippen LogP contribution in [0.1, 0.15) is 31.4 Å². The molecule has 1 aromatic carbocycles. The number of nitrogens with one attached hydrogen (secondary N) is 2. The van der Waals surface area contributed by atoms with Gasteiger partial charge in [0.15, 0.2) is 11.5 Å². The molecule has 5 nitrogen and oxygen atoms in total. The van der Waals surface area contributed by atoms with Crippen LogP contribution < -0.4 is 10.6 Å². The molecular formula is C24H29ClFN3O2. The van der Waals surface area contributed by atoms with Crippen LogP contribution in [0, 0.1) is 5.92 Å². The van der Waals surface area contributed by atoms with E-state index in [-0.39, 0.29) is 19.4 Å². The highest BCUT2D eigenvalue weighted by molar-refractivity contribution is 6.33. The normalized spacial score (nSPS) is 22.3. The number of anilines is 1. The highest BCUT2D eigenvalue weighted by Crippen LogP contribution is 2.31. The molecule has 0 aliphatic carbocycles. The van der Waals surface area contributed by atoms with Gasteiger partial charge in [0.1, 0.15) is 0 Å². The van der Waals surface area contributed by atoms with Crippen LogP contribution in [-0.4, -0.2) is 49.3 Å². The highest BCUT2D eigenvalue weighted by atomic mass is 35.5. The summed E-state index contributed by atoms with van der Waals surface area (Å²) in [6.45, 7) is 3.39. The smallest absolute Gasteiger partial charge is 0.181 e. The van der Waals surface area contributed by atoms with Gasteiger partial charge in [-0.05, 0) is 61.9 Å². The van der Waals surface area contributed by atoms with Crippen LogP contribution in [0.3, 0.4) is 0 Å². The van der Waals surface area contributed by atoms with Crippen LogP contribution in [0.2, 0.25) is 5.02 Å². The largest absolute Gasteiger partial charge is 0.385 e. The van der Waals surface area contributed by atoms with Crippen molar-refractivity contribution in [2.75, 3.05) is 38.2 Å². The molecule has 2 aliphatic heterocycles. The molecule has 166 valence electrons. The Morgan fingerprint density at radius 1 is 1.32 bits per heavy atom. The first-order chi connectivity index (χ1) is 15.0. The van der Waals surface area contributed by atoms with E-state index in [0.717, 1.165) is 56.0 Å². The third-order valence-corrected chi connectivity index (χ3v) is 6.50. The van der Waals surface area contributed by atoms with Crippen molar-refractivity contribution in [3.8, 4) is 11.1 Å². The SMILES string of the molecule is O=C(Cc1cc(-c2cccc(NCC3CCOCC3)c2)c(Cl)cn1)[C@@]1(F)CCCNC1. The van der Waals surface area contributed by atoms with Gasteiger partial charge < -0.3 is 15.4 Å². The number of hydrogen-bond acceptors (Lipinski definition) is 5. The van der Waals surface area contributed by atoms with E-state index in [1.54, 1.807) is 12.3 Å². The van der Waals surface area contributed by atoms with E-state index >= 15 is 0 Å². The summed E-state index contributed by atoms with van der Waals surface area (Å²) in [5, 5.41) is 7.00. The molecule has 2 aromatic rings. The number of halogens is 2. The Hall–Kier alpha value is -2.02. The zero-order valence-corrected chi connectivity index (χ0v) is 18.4. The zero-order chi connectivity index (χ0) is 21.7. The van der Waals surface area contributed by atoms with Crippen molar-refractivity contribution in [1.29, 1.82) is 0 Å². The van der Waals surface area contributed by atoms with Crippen molar-refractivity contribution in [1.82, 2.24) is 10.3 Å². The lowest BCUT2D eigenvalue weighted by atomic mass is 9.89. The molecule has 0 unspecified atom stereocenters. The number of carbonyl (C=O) groups is 1. The van der Waals surface area contributed by atoms with Gasteiger partial charge in [0, 0.05) is 49.4 Å². The van der Waals surface area contributed by atoms with Crippen molar-refractivity contribution in [2.24, 2.45) is 5.92 Å². The van der Waals surface area contributed by atoms with Gasteiger partial charge in [-0.2, -0.15) is 0 Å². The quantitative estimate of drug-likeness (QED) is 0.659. The Kier molecular flexibility index (Phi) is 7.20. The molecule has 2 aliphatic rings. The summed E-state index contributed by atoms with van der Waals surface area (Å²) in [5.74, 6) is 0.189. The van der Waals surface area contributed by atoms with Crippen molar-refractivity contribution >= 4 is 23.1 Å². The fourth-order valence-corrected chi connectivity index (χ4v) is 4.45. The first-order valence-electron chi connectivity index (χ1n) is 11.0. The molecular weight excluding hydrogens is 417 g/mol. The average Bonchev–Trinajstić information content (AvgIpc) is 2.80. The fraction of sp³-hybridized carbons (Fsp3) is 0.500. The summed E-state index contributed by atoms with van der Waals surface area (Å²) in [6.07, 6.45) is 4.59. The van der Waals surface area contributed by atoms with Crippen LogP contribution in [0.25, 0.3) is 11.1 Å². The van der Waals surface area contributed by atoms with Gasteiger partial charge in [-0.15, -0.1) is 0 Å². The molecule has 0 saturated carbocycles. The molecule has 1 atom stereocenters. The van der Waals surface area contributed by atoms with Gasteiger partial charge in [0.05, 0.1) is 11.4 Å². The lowest BCUT2D eigenvalue weighted by molar-refractivity contribution is -0.131. The molecule has 3 heterocycles. The lowest BCUT2D eigenvalue weighted by Crippen LogP contribution is -2.48. The van der Waals surface area contributed by atoms with Gasteiger partial charge in [-0.1, -0.05) is 23.7 Å². The molecule has 2 saturated heterocycles. The first-order valence-corrected chi connectivity index (χ1v) is 11.4. The predicted molar refractivity (Wildman–Crippen MR) is 121 cm³/mol. The maximum absolute atomic E-state index is 15.0. The number of pyridine rings is 1. The number of aromatic nitrogens is 1. The summed E-state index contributed by atoms with van der Waals surface area (Å²) >= 11 is 6.43. The number of benzene rings is 1. The maximum atomic E-state index is 15.0. The van der Waals surface area contributed by atoms with E-state index in [1.165, 1.54) is 0 Å². The zero-order valence-electron chi connectivity index (χ0n) is 17.6.